The fourth-order valence-corrected chi connectivity index (χ4v) is 4.60. The number of rotatable bonds is 8. The van der Waals surface area contributed by atoms with Crippen LogP contribution in [0.15, 0.2) is 42.2 Å². The molecule has 0 amide bonds. The molecule has 1 aromatic carbocycles. The Labute approximate surface area is 212 Å². The molecule has 5 N–H and O–H groups in total. The number of methoxy groups -OCH3 is 1. The van der Waals surface area contributed by atoms with Crippen molar-refractivity contribution in [3.63, 3.8) is 0 Å². The Morgan fingerprint density at radius 3 is 2.56 bits per heavy atom. The summed E-state index contributed by atoms with van der Waals surface area (Å²) in [5, 5.41) is 14.0. The fraction of sp³-hybridized carbons (Fsp3) is 0.360. The van der Waals surface area contributed by atoms with Crippen LogP contribution in [-0.2, 0) is 5.60 Å². The molecule has 0 radical (unpaired) electrons. The lowest BCUT2D eigenvalue weighted by Crippen LogP contribution is -2.42. The van der Waals surface area contributed by atoms with Crippen LogP contribution in [0.1, 0.15) is 28.9 Å². The van der Waals surface area contributed by atoms with Gasteiger partial charge in [-0.05, 0) is 37.6 Å². The molecule has 192 valence electrons. The Kier molecular flexibility index (Phi) is 6.72. The number of aryl methyl sites for hydroxylation is 2. The number of likely N-dealkylation sites (N-methyl/N-ethyl adjacent to an activating group) is 1. The van der Waals surface area contributed by atoms with Gasteiger partial charge in [0.05, 0.1) is 35.9 Å². The van der Waals surface area contributed by atoms with E-state index in [9.17, 15) is 13.9 Å². The number of alkyl halides is 2. The quantitative estimate of drug-likeness (QED) is 0.304. The van der Waals surface area contributed by atoms with Gasteiger partial charge in [0.15, 0.2) is 5.60 Å². The van der Waals surface area contributed by atoms with Crippen molar-refractivity contribution in [2.75, 3.05) is 20.8 Å². The minimum absolute atomic E-state index is 0.0498. The summed E-state index contributed by atoms with van der Waals surface area (Å²) in [6, 6.07) is 8.49. The predicted octanol–water partition coefficient (Wildman–Crippen LogP) is 3.78. The van der Waals surface area contributed by atoms with E-state index < -0.39 is 17.4 Å². The number of halogens is 3. The average molecular weight is 520 g/mol. The van der Waals surface area contributed by atoms with Crippen LogP contribution < -0.4 is 21.1 Å². The van der Waals surface area contributed by atoms with E-state index in [4.69, 9.17) is 32.7 Å². The normalized spacial score (nSPS) is 18.6. The molecule has 2 heterocycles. The minimum atomic E-state index is -2.74. The van der Waals surface area contributed by atoms with E-state index in [-0.39, 0.29) is 35.4 Å². The van der Waals surface area contributed by atoms with Crippen molar-refractivity contribution in [2.24, 2.45) is 17.5 Å². The van der Waals surface area contributed by atoms with Gasteiger partial charge in [-0.2, -0.15) is 0 Å². The van der Waals surface area contributed by atoms with E-state index in [1.165, 1.54) is 18.3 Å². The van der Waals surface area contributed by atoms with Gasteiger partial charge >= 0.3 is 0 Å². The first kappa shape index (κ1) is 25.9. The largest absolute Gasteiger partial charge is 0.486 e. The molecule has 8 nitrogen and oxygen atoms in total. The van der Waals surface area contributed by atoms with Crippen LogP contribution in [-0.4, -0.2) is 46.8 Å². The summed E-state index contributed by atoms with van der Waals surface area (Å²) in [6.07, 6.45) is 0.984. The van der Waals surface area contributed by atoms with E-state index in [2.05, 4.69) is 9.97 Å². The third kappa shape index (κ3) is 4.40. The van der Waals surface area contributed by atoms with E-state index >= 15 is 0 Å². The summed E-state index contributed by atoms with van der Waals surface area (Å²) in [4.78, 5) is 8.92. The maximum Gasteiger partial charge on any atom is 0.258 e. The Hall–Kier alpha value is -3.21. The summed E-state index contributed by atoms with van der Waals surface area (Å²) in [7, 11) is 2.94. The third-order valence-corrected chi connectivity index (χ3v) is 6.74. The second kappa shape index (κ2) is 9.34. The number of ether oxygens (including phenoxy) is 2. The first-order valence-corrected chi connectivity index (χ1v) is 11.6. The molecule has 0 spiro atoms. The molecule has 36 heavy (non-hydrogen) atoms. The summed E-state index contributed by atoms with van der Waals surface area (Å²) in [5.41, 5.74) is 6.95. The van der Waals surface area contributed by atoms with Crippen LogP contribution in [0.5, 0.6) is 11.6 Å². The molecule has 0 bridgehead atoms. The number of aliphatic hydroxyl groups is 1. The SMILES string of the molecule is COc1nc2ccc(C(O)(/C(=C/N)N(C)N)c3ccc(C)nc3C)cc2c(Cl)c1OCC1CC1(F)F. The molecular formula is C25H28ClF2N5O3. The highest BCUT2D eigenvalue weighted by atomic mass is 35.5. The van der Waals surface area contributed by atoms with Gasteiger partial charge < -0.3 is 25.3 Å². The fourth-order valence-electron chi connectivity index (χ4n) is 4.31. The first-order chi connectivity index (χ1) is 16.9. The Balaban J connectivity index is 1.89. The summed E-state index contributed by atoms with van der Waals surface area (Å²) in [6.45, 7) is 3.39. The molecule has 0 saturated heterocycles. The van der Waals surface area contributed by atoms with E-state index in [1.807, 2.05) is 6.92 Å². The zero-order valence-corrected chi connectivity index (χ0v) is 21.1. The molecule has 2 aromatic heterocycles. The van der Waals surface area contributed by atoms with Crippen LogP contribution in [0.4, 0.5) is 8.78 Å². The molecule has 1 aliphatic rings. The lowest BCUT2D eigenvalue weighted by Gasteiger charge is -2.36. The number of nitrogens with two attached hydrogens (primary N) is 2. The van der Waals surface area contributed by atoms with Crippen LogP contribution in [0, 0.1) is 19.8 Å². The molecule has 0 aliphatic heterocycles. The average Bonchev–Trinajstić information content (AvgIpc) is 3.44. The molecule has 4 rings (SSSR count). The molecule has 2 unspecified atom stereocenters. The van der Waals surface area contributed by atoms with E-state index in [0.717, 1.165) is 5.69 Å². The van der Waals surface area contributed by atoms with Crippen molar-refractivity contribution in [1.82, 2.24) is 15.0 Å². The maximum atomic E-state index is 13.4. The van der Waals surface area contributed by atoms with Gasteiger partial charge in [0.2, 0.25) is 5.75 Å². The minimum Gasteiger partial charge on any atom is -0.486 e. The maximum absolute atomic E-state index is 13.4. The number of fused-ring (bicyclic) bond motifs is 1. The second-order valence-corrected chi connectivity index (χ2v) is 9.31. The van der Waals surface area contributed by atoms with Gasteiger partial charge in [-0.1, -0.05) is 23.7 Å². The van der Waals surface area contributed by atoms with Gasteiger partial charge in [-0.15, -0.1) is 0 Å². The van der Waals surface area contributed by atoms with Gasteiger partial charge in [-0.25, -0.2) is 19.6 Å². The van der Waals surface area contributed by atoms with Crippen LogP contribution in [0.25, 0.3) is 10.9 Å². The molecule has 3 aromatic rings. The highest BCUT2D eigenvalue weighted by Gasteiger charge is 2.57. The third-order valence-electron chi connectivity index (χ3n) is 6.37. The zero-order valence-electron chi connectivity index (χ0n) is 20.3. The zero-order chi connectivity index (χ0) is 26.4. The number of nitrogens with zero attached hydrogens (tertiary/aromatic N) is 3. The second-order valence-electron chi connectivity index (χ2n) is 8.93. The lowest BCUT2D eigenvalue weighted by molar-refractivity contribution is 0.0848. The van der Waals surface area contributed by atoms with Gasteiger partial charge in [-0.3, -0.25) is 4.98 Å². The van der Waals surface area contributed by atoms with Crippen molar-refractivity contribution < 1.29 is 23.4 Å². The lowest BCUT2D eigenvalue weighted by atomic mass is 9.82. The van der Waals surface area contributed by atoms with Crippen molar-refractivity contribution in [2.45, 2.75) is 31.8 Å². The van der Waals surface area contributed by atoms with Gasteiger partial charge in [0.1, 0.15) is 0 Å². The van der Waals surface area contributed by atoms with E-state index in [0.29, 0.717) is 27.7 Å². The number of pyridine rings is 2. The van der Waals surface area contributed by atoms with Crippen molar-refractivity contribution in [3.05, 3.63) is 69.8 Å². The number of hydrazine groups is 1. The summed E-state index contributed by atoms with van der Waals surface area (Å²) < 4.78 is 37.7. The molecular weight excluding hydrogens is 492 g/mol. The highest BCUT2D eigenvalue weighted by Crippen LogP contribution is 2.50. The number of hydrogen-bond donors (Lipinski definition) is 3. The number of benzene rings is 1. The Bertz CT molecular complexity index is 1350. The highest BCUT2D eigenvalue weighted by molar-refractivity contribution is 6.37. The van der Waals surface area contributed by atoms with Crippen molar-refractivity contribution in [1.29, 1.82) is 0 Å². The predicted molar refractivity (Wildman–Crippen MR) is 133 cm³/mol. The van der Waals surface area contributed by atoms with Crippen LogP contribution >= 0.6 is 11.6 Å². The van der Waals surface area contributed by atoms with Crippen LogP contribution in [0.3, 0.4) is 0 Å². The number of hydrogen-bond acceptors (Lipinski definition) is 8. The smallest absolute Gasteiger partial charge is 0.258 e. The molecule has 1 saturated carbocycles. The summed E-state index contributed by atoms with van der Waals surface area (Å²) in [5.74, 6) is 2.55. The van der Waals surface area contributed by atoms with Crippen LogP contribution in [0.2, 0.25) is 5.02 Å². The number of aromatic nitrogens is 2. The standard InChI is InChI=1S/C25H28ClF2N5O3/c1-13-5-7-18(14(2)31-13)25(34,20(11-29)33(3)30)15-6-8-19-17(9-15)21(26)22(23(32-19)35-4)36-12-16-10-24(16,27)28/h5-9,11,16,34H,10,12,29-30H2,1-4H3/b20-11-. The Morgan fingerprint density at radius 2 is 2.00 bits per heavy atom. The van der Waals surface area contributed by atoms with Crippen molar-refractivity contribution in [3.8, 4) is 11.6 Å². The molecule has 11 heteroatoms. The molecule has 2 atom stereocenters. The van der Waals surface area contributed by atoms with Gasteiger partial charge in [0, 0.05) is 42.0 Å². The monoisotopic (exact) mass is 519 g/mol. The van der Waals surface area contributed by atoms with Crippen molar-refractivity contribution >= 4 is 22.5 Å². The van der Waals surface area contributed by atoms with E-state index in [1.54, 1.807) is 44.3 Å². The topological polar surface area (TPSA) is 120 Å². The molecule has 1 aliphatic carbocycles. The first-order valence-electron chi connectivity index (χ1n) is 11.2. The van der Waals surface area contributed by atoms with Gasteiger partial charge in [0.25, 0.3) is 11.8 Å². The Morgan fingerprint density at radius 1 is 1.31 bits per heavy atom. The summed E-state index contributed by atoms with van der Waals surface area (Å²) >= 11 is 6.70. The molecule has 1 fully saturated rings.